The largest absolute Gasteiger partial charge is 0.324 e. The molecule has 16 heavy (non-hydrogen) atoms. The summed E-state index contributed by atoms with van der Waals surface area (Å²) in [5.41, 5.74) is 0.242. The van der Waals surface area contributed by atoms with Gasteiger partial charge >= 0.3 is 0 Å². The van der Waals surface area contributed by atoms with Crippen LogP contribution in [0.1, 0.15) is 6.42 Å². The molecule has 88 valence electrons. The SMILES string of the molecule is CNCCC(=O)Nc1c(Cl)cc(F)cc1Cl. The molecule has 0 saturated carbocycles. The van der Waals surface area contributed by atoms with Crippen molar-refractivity contribution < 1.29 is 9.18 Å². The normalized spacial score (nSPS) is 10.2. The summed E-state index contributed by atoms with van der Waals surface area (Å²) in [7, 11) is 1.74. The predicted octanol–water partition coefficient (Wildman–Crippen LogP) is 2.68. The molecule has 0 aliphatic rings. The van der Waals surface area contributed by atoms with E-state index >= 15 is 0 Å². The number of carbonyl (C=O) groups is 1. The highest BCUT2D eigenvalue weighted by Crippen LogP contribution is 2.31. The molecule has 0 bridgehead atoms. The number of hydrogen-bond donors (Lipinski definition) is 2. The van der Waals surface area contributed by atoms with Crippen LogP contribution in [0, 0.1) is 5.82 Å². The molecule has 0 radical (unpaired) electrons. The molecule has 0 aliphatic carbocycles. The lowest BCUT2D eigenvalue weighted by Gasteiger charge is -2.09. The van der Waals surface area contributed by atoms with E-state index in [0.29, 0.717) is 13.0 Å². The highest BCUT2D eigenvalue weighted by atomic mass is 35.5. The summed E-state index contributed by atoms with van der Waals surface area (Å²) in [4.78, 5) is 11.4. The lowest BCUT2D eigenvalue weighted by molar-refractivity contribution is -0.116. The second-order valence-electron chi connectivity index (χ2n) is 3.15. The lowest BCUT2D eigenvalue weighted by Crippen LogP contribution is -2.19. The number of amides is 1. The summed E-state index contributed by atoms with van der Waals surface area (Å²) < 4.78 is 12.9. The molecule has 1 aromatic rings. The summed E-state index contributed by atoms with van der Waals surface area (Å²) in [6.07, 6.45) is 0.292. The van der Waals surface area contributed by atoms with E-state index in [9.17, 15) is 9.18 Å². The van der Waals surface area contributed by atoms with Gasteiger partial charge in [-0.05, 0) is 19.2 Å². The van der Waals surface area contributed by atoms with Gasteiger partial charge in [-0.15, -0.1) is 0 Å². The Balaban J connectivity index is 2.77. The molecule has 6 heteroatoms. The van der Waals surface area contributed by atoms with Gasteiger partial charge in [0.05, 0.1) is 15.7 Å². The van der Waals surface area contributed by atoms with Gasteiger partial charge in [-0.3, -0.25) is 4.79 Å². The average Bonchev–Trinajstić information content (AvgIpc) is 2.20. The minimum absolute atomic E-state index is 0.0859. The van der Waals surface area contributed by atoms with Gasteiger partial charge in [-0.2, -0.15) is 0 Å². The first kappa shape index (κ1) is 13.2. The van der Waals surface area contributed by atoms with Crippen molar-refractivity contribution in [1.82, 2.24) is 5.32 Å². The molecule has 1 rings (SSSR count). The van der Waals surface area contributed by atoms with Crippen molar-refractivity contribution in [2.24, 2.45) is 0 Å². The van der Waals surface area contributed by atoms with Gasteiger partial charge in [0.15, 0.2) is 0 Å². The van der Waals surface area contributed by atoms with Gasteiger partial charge in [0, 0.05) is 13.0 Å². The standard InChI is InChI=1S/C10H11Cl2FN2O/c1-14-3-2-9(16)15-10-7(11)4-6(13)5-8(10)12/h4-5,14H,2-3H2,1H3,(H,15,16). The molecule has 1 amide bonds. The lowest BCUT2D eigenvalue weighted by atomic mass is 10.3. The third kappa shape index (κ3) is 3.63. The molecule has 0 spiro atoms. The van der Waals surface area contributed by atoms with Gasteiger partial charge < -0.3 is 10.6 Å². The van der Waals surface area contributed by atoms with Crippen LogP contribution in [-0.4, -0.2) is 19.5 Å². The molecule has 0 aliphatic heterocycles. The summed E-state index contributed by atoms with van der Waals surface area (Å²) in [6, 6.07) is 2.20. The molecular weight excluding hydrogens is 254 g/mol. The topological polar surface area (TPSA) is 41.1 Å². The van der Waals surface area contributed by atoms with E-state index in [4.69, 9.17) is 23.2 Å². The fourth-order valence-corrected chi connectivity index (χ4v) is 1.66. The predicted molar refractivity (Wildman–Crippen MR) is 63.6 cm³/mol. The molecule has 0 unspecified atom stereocenters. The van der Waals surface area contributed by atoms with Crippen LogP contribution in [0.15, 0.2) is 12.1 Å². The number of anilines is 1. The van der Waals surface area contributed by atoms with Crippen LogP contribution in [0.2, 0.25) is 10.0 Å². The summed E-state index contributed by atoms with van der Waals surface area (Å²) in [6.45, 7) is 0.544. The van der Waals surface area contributed by atoms with Gasteiger partial charge in [0.1, 0.15) is 5.82 Å². The van der Waals surface area contributed by atoms with Crippen LogP contribution in [0.5, 0.6) is 0 Å². The second-order valence-corrected chi connectivity index (χ2v) is 3.96. The van der Waals surface area contributed by atoms with Crippen LogP contribution >= 0.6 is 23.2 Å². The zero-order chi connectivity index (χ0) is 12.1. The number of carbonyl (C=O) groups excluding carboxylic acids is 1. The van der Waals surface area contributed by atoms with Gasteiger partial charge in [0.25, 0.3) is 0 Å². The first-order chi connectivity index (χ1) is 7.54. The van der Waals surface area contributed by atoms with Crippen LogP contribution in [0.3, 0.4) is 0 Å². The maximum absolute atomic E-state index is 12.9. The fourth-order valence-electron chi connectivity index (χ4n) is 1.10. The molecule has 0 atom stereocenters. The fraction of sp³-hybridized carbons (Fsp3) is 0.300. The van der Waals surface area contributed by atoms with Crippen molar-refractivity contribution in [3.8, 4) is 0 Å². The van der Waals surface area contributed by atoms with Gasteiger partial charge in [0.2, 0.25) is 5.91 Å². The van der Waals surface area contributed by atoms with E-state index in [1.54, 1.807) is 7.05 Å². The number of hydrogen-bond acceptors (Lipinski definition) is 2. The summed E-state index contributed by atoms with van der Waals surface area (Å²) in [5.74, 6) is -0.770. The van der Waals surface area contributed by atoms with Crippen molar-refractivity contribution in [2.75, 3.05) is 18.9 Å². The van der Waals surface area contributed by atoms with Crippen molar-refractivity contribution in [3.05, 3.63) is 28.0 Å². The number of halogens is 3. The first-order valence-corrected chi connectivity index (χ1v) is 5.39. The van der Waals surface area contributed by atoms with E-state index in [1.165, 1.54) is 0 Å². The zero-order valence-electron chi connectivity index (χ0n) is 8.61. The third-order valence-corrected chi connectivity index (χ3v) is 2.47. The molecule has 0 fully saturated rings. The molecule has 0 saturated heterocycles. The number of rotatable bonds is 4. The highest BCUT2D eigenvalue weighted by molar-refractivity contribution is 6.39. The molecule has 1 aromatic carbocycles. The average molecular weight is 265 g/mol. The van der Waals surface area contributed by atoms with Crippen LogP contribution in [-0.2, 0) is 4.79 Å². The maximum Gasteiger partial charge on any atom is 0.225 e. The van der Waals surface area contributed by atoms with E-state index in [-0.39, 0.29) is 21.6 Å². The van der Waals surface area contributed by atoms with Crippen LogP contribution in [0.25, 0.3) is 0 Å². The molecule has 2 N–H and O–H groups in total. The Morgan fingerprint density at radius 1 is 1.38 bits per heavy atom. The smallest absolute Gasteiger partial charge is 0.225 e. The van der Waals surface area contributed by atoms with E-state index in [0.717, 1.165) is 12.1 Å². The van der Waals surface area contributed by atoms with Crippen molar-refractivity contribution in [1.29, 1.82) is 0 Å². The number of nitrogens with one attached hydrogen (secondary N) is 2. The van der Waals surface area contributed by atoms with Crippen molar-refractivity contribution >= 4 is 34.8 Å². The molecule has 0 heterocycles. The Morgan fingerprint density at radius 2 is 1.94 bits per heavy atom. The minimum Gasteiger partial charge on any atom is -0.324 e. The second kappa shape index (κ2) is 6.03. The third-order valence-electron chi connectivity index (χ3n) is 1.87. The van der Waals surface area contributed by atoms with E-state index in [1.807, 2.05) is 0 Å². The summed E-state index contributed by atoms with van der Waals surface area (Å²) >= 11 is 11.5. The van der Waals surface area contributed by atoms with Crippen molar-refractivity contribution in [2.45, 2.75) is 6.42 Å². The Labute approximate surface area is 103 Å². The Kier molecular flexibility index (Phi) is 4.99. The number of benzene rings is 1. The van der Waals surface area contributed by atoms with Crippen LogP contribution < -0.4 is 10.6 Å². The van der Waals surface area contributed by atoms with Gasteiger partial charge in [-0.25, -0.2) is 4.39 Å². The Hall–Kier alpha value is -0.840. The Bertz CT molecular complexity index is 375. The minimum atomic E-state index is -0.539. The van der Waals surface area contributed by atoms with E-state index < -0.39 is 5.82 Å². The quantitative estimate of drug-likeness (QED) is 0.878. The monoisotopic (exact) mass is 264 g/mol. The van der Waals surface area contributed by atoms with Gasteiger partial charge in [-0.1, -0.05) is 23.2 Å². The molecule has 3 nitrogen and oxygen atoms in total. The molecule has 0 aromatic heterocycles. The Morgan fingerprint density at radius 3 is 2.44 bits per heavy atom. The summed E-state index contributed by atoms with van der Waals surface area (Å²) in [5, 5.41) is 5.54. The zero-order valence-corrected chi connectivity index (χ0v) is 10.1. The van der Waals surface area contributed by atoms with E-state index in [2.05, 4.69) is 10.6 Å². The molecular formula is C10H11Cl2FN2O. The van der Waals surface area contributed by atoms with Crippen LogP contribution in [0.4, 0.5) is 10.1 Å². The highest BCUT2D eigenvalue weighted by Gasteiger charge is 2.11. The van der Waals surface area contributed by atoms with Crippen molar-refractivity contribution in [3.63, 3.8) is 0 Å². The maximum atomic E-state index is 12.9. The first-order valence-electron chi connectivity index (χ1n) is 4.63.